The summed E-state index contributed by atoms with van der Waals surface area (Å²) >= 11 is 0. The second-order valence-corrected chi connectivity index (χ2v) is 2.07. The molecule has 0 aromatic carbocycles. The molecule has 1 aliphatic rings. The third-order valence-corrected chi connectivity index (χ3v) is 1.31. The SMILES string of the molecule is c1n[nH]cc1C1=NOCCO1. The number of hydrogen-bond acceptors (Lipinski definition) is 4. The molecule has 1 N–H and O–H groups in total. The topological polar surface area (TPSA) is 59.5 Å². The van der Waals surface area contributed by atoms with Crippen LogP contribution in [0.4, 0.5) is 0 Å². The van der Waals surface area contributed by atoms with Gasteiger partial charge in [-0.05, 0) is 5.16 Å². The fourth-order valence-electron chi connectivity index (χ4n) is 0.810. The standard InChI is InChI=1S/C6H7N3O2/c1-2-11-9-6(10-1)5-3-7-8-4-5/h3-4H,1-2H2,(H,7,8). The lowest BCUT2D eigenvalue weighted by Crippen LogP contribution is -2.16. The van der Waals surface area contributed by atoms with E-state index in [1.165, 1.54) is 0 Å². The molecule has 0 atom stereocenters. The summed E-state index contributed by atoms with van der Waals surface area (Å²) in [6, 6.07) is 0. The van der Waals surface area contributed by atoms with Gasteiger partial charge < -0.3 is 9.57 Å². The van der Waals surface area contributed by atoms with Crippen LogP contribution in [0.3, 0.4) is 0 Å². The number of nitrogens with zero attached hydrogens (tertiary/aromatic N) is 2. The molecular weight excluding hydrogens is 146 g/mol. The minimum Gasteiger partial charge on any atom is -0.471 e. The second-order valence-electron chi connectivity index (χ2n) is 2.07. The van der Waals surface area contributed by atoms with Crippen molar-refractivity contribution >= 4 is 5.90 Å². The Balaban J connectivity index is 2.22. The fraction of sp³-hybridized carbons (Fsp3) is 0.333. The minimum absolute atomic E-state index is 0.491. The molecule has 2 heterocycles. The van der Waals surface area contributed by atoms with E-state index in [1.54, 1.807) is 12.4 Å². The summed E-state index contributed by atoms with van der Waals surface area (Å²) in [7, 11) is 0. The molecule has 0 saturated carbocycles. The Morgan fingerprint density at radius 3 is 3.09 bits per heavy atom. The van der Waals surface area contributed by atoms with E-state index in [0.717, 1.165) is 5.56 Å². The van der Waals surface area contributed by atoms with Crippen LogP contribution >= 0.6 is 0 Å². The van der Waals surface area contributed by atoms with Crippen molar-refractivity contribution in [3.8, 4) is 0 Å². The van der Waals surface area contributed by atoms with Crippen LogP contribution in [0.2, 0.25) is 0 Å². The highest BCUT2D eigenvalue weighted by molar-refractivity contribution is 5.93. The number of rotatable bonds is 1. The normalized spacial score (nSPS) is 16.5. The Labute approximate surface area is 63.0 Å². The first-order valence-electron chi connectivity index (χ1n) is 3.29. The molecule has 0 unspecified atom stereocenters. The molecule has 1 aliphatic heterocycles. The lowest BCUT2D eigenvalue weighted by molar-refractivity contribution is 0.0655. The van der Waals surface area contributed by atoms with Crippen molar-refractivity contribution in [3.63, 3.8) is 0 Å². The van der Waals surface area contributed by atoms with Gasteiger partial charge in [0.1, 0.15) is 6.61 Å². The lowest BCUT2D eigenvalue weighted by Gasteiger charge is -2.11. The number of oxime groups is 1. The minimum atomic E-state index is 0.491. The van der Waals surface area contributed by atoms with Crippen LogP contribution in [0.5, 0.6) is 0 Å². The summed E-state index contributed by atoms with van der Waals surface area (Å²) < 4.78 is 5.19. The highest BCUT2D eigenvalue weighted by Gasteiger charge is 2.10. The van der Waals surface area contributed by atoms with Gasteiger partial charge in [0, 0.05) is 6.20 Å². The van der Waals surface area contributed by atoms with E-state index in [1.807, 2.05) is 0 Å². The predicted octanol–water partition coefficient (Wildman–Crippen LogP) is 0.118. The lowest BCUT2D eigenvalue weighted by atomic mass is 10.4. The highest BCUT2D eigenvalue weighted by Crippen LogP contribution is 2.03. The first kappa shape index (κ1) is 6.21. The summed E-state index contributed by atoms with van der Waals surface area (Å²) in [5.74, 6) is 0.491. The first-order valence-corrected chi connectivity index (χ1v) is 3.29. The zero-order chi connectivity index (χ0) is 7.52. The number of ether oxygens (including phenoxy) is 1. The molecule has 2 rings (SSSR count). The van der Waals surface area contributed by atoms with Gasteiger partial charge in [0.05, 0.1) is 11.8 Å². The van der Waals surface area contributed by atoms with Gasteiger partial charge in [0.15, 0.2) is 6.61 Å². The fourth-order valence-corrected chi connectivity index (χ4v) is 0.810. The maximum absolute atomic E-state index is 5.19. The molecule has 58 valence electrons. The molecule has 0 radical (unpaired) electrons. The first-order chi connectivity index (χ1) is 5.47. The van der Waals surface area contributed by atoms with Gasteiger partial charge in [-0.2, -0.15) is 5.10 Å². The Morgan fingerprint density at radius 2 is 2.45 bits per heavy atom. The van der Waals surface area contributed by atoms with Crippen LogP contribution in [0.1, 0.15) is 5.56 Å². The number of nitrogens with one attached hydrogen (secondary N) is 1. The van der Waals surface area contributed by atoms with Gasteiger partial charge >= 0.3 is 0 Å². The van der Waals surface area contributed by atoms with Crippen LogP contribution in [-0.4, -0.2) is 29.3 Å². The molecule has 1 aromatic rings. The van der Waals surface area contributed by atoms with E-state index >= 15 is 0 Å². The quantitative estimate of drug-likeness (QED) is 0.623. The third kappa shape index (κ3) is 1.17. The monoisotopic (exact) mass is 153 g/mol. The van der Waals surface area contributed by atoms with Gasteiger partial charge in [0.2, 0.25) is 0 Å². The smallest absolute Gasteiger partial charge is 0.260 e. The van der Waals surface area contributed by atoms with Crippen LogP contribution < -0.4 is 0 Å². The van der Waals surface area contributed by atoms with Crippen molar-refractivity contribution in [1.29, 1.82) is 0 Å². The summed E-state index contributed by atoms with van der Waals surface area (Å²) in [5.41, 5.74) is 0.810. The highest BCUT2D eigenvalue weighted by atomic mass is 16.7. The van der Waals surface area contributed by atoms with Crippen molar-refractivity contribution in [2.75, 3.05) is 13.2 Å². The second kappa shape index (κ2) is 2.61. The number of aromatic nitrogens is 2. The zero-order valence-corrected chi connectivity index (χ0v) is 5.78. The van der Waals surface area contributed by atoms with Crippen LogP contribution in [-0.2, 0) is 9.57 Å². The van der Waals surface area contributed by atoms with E-state index in [2.05, 4.69) is 15.4 Å². The Hall–Kier alpha value is -1.52. The Morgan fingerprint density at radius 1 is 1.45 bits per heavy atom. The van der Waals surface area contributed by atoms with Crippen molar-refractivity contribution in [2.45, 2.75) is 0 Å². The van der Waals surface area contributed by atoms with Crippen molar-refractivity contribution in [1.82, 2.24) is 10.2 Å². The van der Waals surface area contributed by atoms with Crippen LogP contribution in [0.15, 0.2) is 17.5 Å². The molecular formula is C6H7N3O2. The summed E-state index contributed by atoms with van der Waals surface area (Å²) in [4.78, 5) is 4.83. The molecule has 0 bridgehead atoms. The van der Waals surface area contributed by atoms with E-state index in [0.29, 0.717) is 19.1 Å². The van der Waals surface area contributed by atoms with Crippen molar-refractivity contribution in [2.24, 2.45) is 5.16 Å². The molecule has 5 heteroatoms. The Bertz CT molecular complexity index is 255. The molecule has 0 amide bonds. The number of hydrogen-bond donors (Lipinski definition) is 1. The van der Waals surface area contributed by atoms with Gasteiger partial charge in [-0.1, -0.05) is 0 Å². The molecule has 0 spiro atoms. The van der Waals surface area contributed by atoms with E-state index < -0.39 is 0 Å². The van der Waals surface area contributed by atoms with Gasteiger partial charge in [0.25, 0.3) is 5.90 Å². The largest absolute Gasteiger partial charge is 0.471 e. The molecule has 0 saturated heterocycles. The average molecular weight is 153 g/mol. The maximum Gasteiger partial charge on any atom is 0.260 e. The number of aromatic amines is 1. The average Bonchev–Trinajstić information content (AvgIpc) is 2.58. The molecule has 1 aromatic heterocycles. The molecule has 11 heavy (non-hydrogen) atoms. The van der Waals surface area contributed by atoms with Gasteiger partial charge in [-0.3, -0.25) is 5.10 Å². The summed E-state index contributed by atoms with van der Waals surface area (Å²) in [6.07, 6.45) is 3.33. The Kier molecular flexibility index (Phi) is 1.47. The molecule has 5 nitrogen and oxygen atoms in total. The maximum atomic E-state index is 5.19. The van der Waals surface area contributed by atoms with Gasteiger partial charge in [-0.15, -0.1) is 0 Å². The zero-order valence-electron chi connectivity index (χ0n) is 5.78. The van der Waals surface area contributed by atoms with Crippen LogP contribution in [0.25, 0.3) is 0 Å². The molecule has 0 fully saturated rings. The van der Waals surface area contributed by atoms with Crippen molar-refractivity contribution < 1.29 is 9.57 Å². The van der Waals surface area contributed by atoms with Gasteiger partial charge in [-0.25, -0.2) is 0 Å². The molecule has 0 aliphatic carbocycles. The third-order valence-electron chi connectivity index (χ3n) is 1.31. The summed E-state index contributed by atoms with van der Waals surface area (Å²) in [5, 5.41) is 10.1. The van der Waals surface area contributed by atoms with E-state index in [9.17, 15) is 0 Å². The summed E-state index contributed by atoms with van der Waals surface area (Å²) in [6.45, 7) is 1.06. The number of H-pyrrole nitrogens is 1. The van der Waals surface area contributed by atoms with Crippen LogP contribution in [0, 0.1) is 0 Å². The van der Waals surface area contributed by atoms with E-state index in [4.69, 9.17) is 9.57 Å². The predicted molar refractivity (Wildman–Crippen MR) is 37.0 cm³/mol. The van der Waals surface area contributed by atoms with E-state index in [-0.39, 0.29) is 0 Å². The van der Waals surface area contributed by atoms with Crippen molar-refractivity contribution in [3.05, 3.63) is 18.0 Å².